The second-order valence-electron chi connectivity index (χ2n) is 6.13. The average Bonchev–Trinajstić information content (AvgIpc) is 3.11. The molecule has 2 fully saturated rings. The molecule has 2 aliphatic carbocycles. The fourth-order valence-electron chi connectivity index (χ4n) is 3.20. The van der Waals surface area contributed by atoms with E-state index in [-0.39, 0.29) is 5.56 Å². The van der Waals surface area contributed by atoms with Crippen LogP contribution in [0, 0.1) is 11.8 Å². The molecule has 0 saturated heterocycles. The van der Waals surface area contributed by atoms with Crippen molar-refractivity contribution in [1.82, 2.24) is 4.57 Å². The minimum Gasteiger partial charge on any atom is -0.394 e. The van der Waals surface area contributed by atoms with Gasteiger partial charge in [0, 0.05) is 12.7 Å². The molecule has 1 unspecified atom stereocenters. The Labute approximate surface area is 108 Å². The molecule has 18 heavy (non-hydrogen) atoms. The van der Waals surface area contributed by atoms with Gasteiger partial charge in [-0.2, -0.15) is 0 Å². The average molecular weight is 246 g/mol. The highest BCUT2D eigenvalue weighted by molar-refractivity contribution is 5.40. The molecule has 0 bridgehead atoms. The number of pyridine rings is 1. The second-order valence-corrected chi connectivity index (χ2v) is 6.13. The number of hydrogen-bond donors (Lipinski definition) is 1. The van der Waals surface area contributed by atoms with Gasteiger partial charge in [-0.25, -0.2) is 0 Å². The Kier molecular flexibility index (Phi) is 2.92. The van der Waals surface area contributed by atoms with E-state index in [2.05, 4.69) is 13.1 Å². The van der Waals surface area contributed by atoms with E-state index in [4.69, 9.17) is 5.73 Å². The third-order valence-corrected chi connectivity index (χ3v) is 4.65. The molecule has 0 aliphatic heterocycles. The summed E-state index contributed by atoms with van der Waals surface area (Å²) in [6.07, 6.45) is 8.41. The summed E-state index contributed by atoms with van der Waals surface area (Å²) in [6.45, 7) is 3.15. The zero-order chi connectivity index (χ0) is 12.7. The smallest absolute Gasteiger partial charge is 0.273 e. The third-order valence-electron chi connectivity index (χ3n) is 4.65. The summed E-state index contributed by atoms with van der Waals surface area (Å²) in [5, 5.41) is 0. The quantitative estimate of drug-likeness (QED) is 0.891. The van der Waals surface area contributed by atoms with Gasteiger partial charge in [0.2, 0.25) is 0 Å². The van der Waals surface area contributed by atoms with Crippen LogP contribution in [-0.2, 0) is 6.54 Å². The maximum Gasteiger partial charge on any atom is 0.273 e. The third kappa shape index (κ3) is 2.18. The summed E-state index contributed by atoms with van der Waals surface area (Å²) in [4.78, 5) is 12.1. The van der Waals surface area contributed by atoms with Crippen LogP contribution in [0.4, 0.5) is 5.69 Å². The van der Waals surface area contributed by atoms with Crippen molar-refractivity contribution in [2.45, 2.75) is 51.5 Å². The first-order valence-electron chi connectivity index (χ1n) is 7.15. The Balaban J connectivity index is 1.87. The number of rotatable bonds is 3. The minimum atomic E-state index is -0.00139. The number of nitrogens with zero attached hydrogens (tertiary/aromatic N) is 1. The molecule has 1 aromatic heterocycles. The molecule has 0 amide bonds. The monoisotopic (exact) mass is 246 g/mol. The Bertz CT molecular complexity index is 502. The standard InChI is InChI=1S/C15H22N2O/c1-10-3-2-4-12(10)8-17-9-13(11-5-6-11)7-14(16)15(17)18/h7,9-12H,2-6,8,16H2,1H3/t10-,12?/m1/s1. The van der Waals surface area contributed by atoms with Gasteiger partial charge in [0.1, 0.15) is 0 Å². The number of anilines is 1. The SMILES string of the molecule is C[C@@H]1CCCC1Cn1cc(C2CC2)cc(N)c1=O. The van der Waals surface area contributed by atoms with E-state index in [1.165, 1.54) is 37.7 Å². The molecule has 0 radical (unpaired) electrons. The highest BCUT2D eigenvalue weighted by Crippen LogP contribution is 2.40. The van der Waals surface area contributed by atoms with E-state index in [9.17, 15) is 4.79 Å². The molecule has 2 atom stereocenters. The summed E-state index contributed by atoms with van der Waals surface area (Å²) in [6, 6.07) is 1.88. The summed E-state index contributed by atoms with van der Waals surface area (Å²) >= 11 is 0. The van der Waals surface area contributed by atoms with Crippen LogP contribution in [0.5, 0.6) is 0 Å². The van der Waals surface area contributed by atoms with Crippen LogP contribution in [0.15, 0.2) is 17.1 Å². The molecule has 2 aliphatic rings. The number of aromatic nitrogens is 1. The Morgan fingerprint density at radius 3 is 2.72 bits per heavy atom. The van der Waals surface area contributed by atoms with Gasteiger partial charge in [0.25, 0.3) is 5.56 Å². The van der Waals surface area contributed by atoms with Crippen LogP contribution in [0.1, 0.15) is 50.5 Å². The van der Waals surface area contributed by atoms with Crippen molar-refractivity contribution in [1.29, 1.82) is 0 Å². The summed E-state index contributed by atoms with van der Waals surface area (Å²) in [5.74, 6) is 2.04. The van der Waals surface area contributed by atoms with Crippen LogP contribution in [0.25, 0.3) is 0 Å². The van der Waals surface area contributed by atoms with Crippen molar-refractivity contribution in [2.75, 3.05) is 5.73 Å². The zero-order valence-electron chi connectivity index (χ0n) is 11.1. The van der Waals surface area contributed by atoms with Crippen LogP contribution in [-0.4, -0.2) is 4.57 Å². The molecular weight excluding hydrogens is 224 g/mol. The summed E-state index contributed by atoms with van der Waals surface area (Å²) in [5.41, 5.74) is 7.54. The van der Waals surface area contributed by atoms with Crippen molar-refractivity contribution in [3.8, 4) is 0 Å². The molecule has 1 heterocycles. The Morgan fingerprint density at radius 1 is 1.33 bits per heavy atom. The molecule has 2 saturated carbocycles. The second kappa shape index (κ2) is 4.45. The van der Waals surface area contributed by atoms with Gasteiger partial charge in [-0.1, -0.05) is 19.8 Å². The van der Waals surface area contributed by atoms with E-state index < -0.39 is 0 Å². The Hall–Kier alpha value is -1.25. The Morgan fingerprint density at radius 2 is 2.11 bits per heavy atom. The molecule has 2 N–H and O–H groups in total. The lowest BCUT2D eigenvalue weighted by Crippen LogP contribution is -2.27. The first kappa shape index (κ1) is 11.8. The topological polar surface area (TPSA) is 48.0 Å². The maximum absolute atomic E-state index is 12.1. The summed E-state index contributed by atoms with van der Waals surface area (Å²) in [7, 11) is 0. The molecule has 0 spiro atoms. The van der Waals surface area contributed by atoms with E-state index in [0.29, 0.717) is 17.5 Å². The van der Waals surface area contributed by atoms with Crippen LogP contribution in [0.2, 0.25) is 0 Å². The van der Waals surface area contributed by atoms with Crippen molar-refractivity contribution in [3.63, 3.8) is 0 Å². The number of hydrogen-bond acceptors (Lipinski definition) is 2. The lowest BCUT2D eigenvalue weighted by Gasteiger charge is -2.18. The van der Waals surface area contributed by atoms with Crippen molar-refractivity contribution in [3.05, 3.63) is 28.2 Å². The van der Waals surface area contributed by atoms with Crippen LogP contribution in [0.3, 0.4) is 0 Å². The maximum atomic E-state index is 12.1. The lowest BCUT2D eigenvalue weighted by molar-refractivity contribution is 0.359. The van der Waals surface area contributed by atoms with Crippen molar-refractivity contribution < 1.29 is 0 Å². The molecule has 3 rings (SSSR count). The fourth-order valence-corrected chi connectivity index (χ4v) is 3.20. The predicted octanol–water partition coefficient (Wildman–Crippen LogP) is 2.74. The van der Waals surface area contributed by atoms with Gasteiger partial charge in [-0.3, -0.25) is 4.79 Å². The van der Waals surface area contributed by atoms with Gasteiger partial charge in [0.05, 0.1) is 5.69 Å². The van der Waals surface area contributed by atoms with Crippen LogP contribution < -0.4 is 11.3 Å². The first-order chi connectivity index (χ1) is 8.65. The molecule has 0 aromatic carbocycles. The van der Waals surface area contributed by atoms with E-state index in [0.717, 1.165) is 12.5 Å². The number of nitrogens with two attached hydrogens (primary N) is 1. The first-order valence-corrected chi connectivity index (χ1v) is 7.15. The fraction of sp³-hybridized carbons (Fsp3) is 0.667. The molecular formula is C15H22N2O. The van der Waals surface area contributed by atoms with Crippen molar-refractivity contribution in [2.24, 2.45) is 11.8 Å². The van der Waals surface area contributed by atoms with E-state index >= 15 is 0 Å². The van der Waals surface area contributed by atoms with Gasteiger partial charge >= 0.3 is 0 Å². The van der Waals surface area contributed by atoms with Gasteiger partial charge in [-0.05, 0) is 48.6 Å². The number of nitrogen functional groups attached to an aromatic ring is 1. The summed E-state index contributed by atoms with van der Waals surface area (Å²) < 4.78 is 1.87. The molecule has 3 heteroatoms. The van der Waals surface area contributed by atoms with E-state index in [1.54, 1.807) is 0 Å². The lowest BCUT2D eigenvalue weighted by atomic mass is 9.98. The van der Waals surface area contributed by atoms with Gasteiger partial charge in [-0.15, -0.1) is 0 Å². The van der Waals surface area contributed by atoms with Gasteiger partial charge < -0.3 is 10.3 Å². The highest BCUT2D eigenvalue weighted by atomic mass is 16.1. The van der Waals surface area contributed by atoms with Crippen molar-refractivity contribution >= 4 is 5.69 Å². The largest absolute Gasteiger partial charge is 0.394 e. The zero-order valence-corrected chi connectivity index (χ0v) is 11.1. The van der Waals surface area contributed by atoms with Crippen LogP contribution >= 0.6 is 0 Å². The highest BCUT2D eigenvalue weighted by Gasteiger charge is 2.27. The minimum absolute atomic E-state index is 0.00139. The molecule has 3 nitrogen and oxygen atoms in total. The molecule has 1 aromatic rings. The molecule has 98 valence electrons. The van der Waals surface area contributed by atoms with E-state index in [1.807, 2.05) is 10.6 Å². The van der Waals surface area contributed by atoms with Gasteiger partial charge in [0.15, 0.2) is 0 Å². The normalized spacial score (nSPS) is 27.6. The predicted molar refractivity (Wildman–Crippen MR) is 73.6 cm³/mol.